The largest absolute Gasteiger partial charge is 0.322 e. The van der Waals surface area contributed by atoms with E-state index < -0.39 is 0 Å². The van der Waals surface area contributed by atoms with Gasteiger partial charge < -0.3 is 5.73 Å². The maximum atomic E-state index is 6.14. The lowest BCUT2D eigenvalue weighted by Gasteiger charge is -2.11. The summed E-state index contributed by atoms with van der Waals surface area (Å²) in [5.74, 6) is 0.747. The van der Waals surface area contributed by atoms with Crippen LogP contribution < -0.4 is 5.73 Å². The van der Waals surface area contributed by atoms with Gasteiger partial charge in [-0.1, -0.05) is 13.0 Å². The van der Waals surface area contributed by atoms with E-state index in [9.17, 15) is 0 Å². The van der Waals surface area contributed by atoms with Crippen LogP contribution in [0.5, 0.6) is 0 Å². The van der Waals surface area contributed by atoms with E-state index >= 15 is 0 Å². The molecule has 0 amide bonds. The molecule has 0 fully saturated rings. The van der Waals surface area contributed by atoms with Crippen molar-refractivity contribution in [2.75, 3.05) is 0 Å². The highest BCUT2D eigenvalue weighted by Crippen LogP contribution is 2.13. The molecule has 0 spiro atoms. The molecular weight excluding hydrogens is 224 g/mol. The Bertz CT molecular complexity index is 507. The Kier molecular flexibility index (Phi) is 3.99. The van der Waals surface area contributed by atoms with Crippen molar-refractivity contribution in [1.29, 1.82) is 0 Å². The van der Waals surface area contributed by atoms with Gasteiger partial charge in [0.2, 0.25) is 0 Å². The Labute approximate surface area is 107 Å². The molecule has 2 N–H and O–H groups in total. The molecule has 2 aromatic heterocycles. The summed E-state index contributed by atoms with van der Waals surface area (Å²) in [6, 6.07) is 5.86. The molecule has 2 heterocycles. The van der Waals surface area contributed by atoms with Gasteiger partial charge in [0.15, 0.2) is 0 Å². The van der Waals surface area contributed by atoms with E-state index in [1.165, 1.54) is 5.56 Å². The molecule has 18 heavy (non-hydrogen) atoms. The van der Waals surface area contributed by atoms with Gasteiger partial charge in [0.05, 0.1) is 11.7 Å². The van der Waals surface area contributed by atoms with E-state index in [2.05, 4.69) is 27.9 Å². The first-order valence-corrected chi connectivity index (χ1v) is 6.18. The van der Waals surface area contributed by atoms with Crippen molar-refractivity contribution in [1.82, 2.24) is 15.0 Å². The zero-order chi connectivity index (χ0) is 13.0. The first-order valence-electron chi connectivity index (χ1n) is 6.18. The topological polar surface area (TPSA) is 64.7 Å². The van der Waals surface area contributed by atoms with Gasteiger partial charge >= 0.3 is 0 Å². The molecule has 0 aliphatic carbocycles. The van der Waals surface area contributed by atoms with Crippen LogP contribution in [0.2, 0.25) is 0 Å². The summed E-state index contributed by atoms with van der Waals surface area (Å²) < 4.78 is 0. The second-order valence-electron chi connectivity index (χ2n) is 4.35. The van der Waals surface area contributed by atoms with Crippen molar-refractivity contribution in [3.05, 3.63) is 53.4 Å². The van der Waals surface area contributed by atoms with E-state index in [0.29, 0.717) is 6.42 Å². The van der Waals surface area contributed by atoms with Crippen LogP contribution in [0.15, 0.2) is 30.6 Å². The predicted octanol–water partition coefficient (Wildman–Crippen LogP) is 1.98. The number of hydrogen-bond acceptors (Lipinski definition) is 4. The molecule has 0 aliphatic heterocycles. The van der Waals surface area contributed by atoms with E-state index in [1.807, 2.05) is 25.3 Å². The number of aromatic nitrogens is 3. The third-order valence-corrected chi connectivity index (χ3v) is 2.90. The van der Waals surface area contributed by atoms with Crippen molar-refractivity contribution in [2.24, 2.45) is 5.73 Å². The summed E-state index contributed by atoms with van der Waals surface area (Å²) in [7, 11) is 0. The fourth-order valence-corrected chi connectivity index (χ4v) is 1.80. The molecule has 1 atom stereocenters. The molecule has 4 heteroatoms. The predicted molar refractivity (Wildman–Crippen MR) is 71.0 cm³/mol. The molecule has 4 nitrogen and oxygen atoms in total. The molecule has 2 rings (SSSR count). The van der Waals surface area contributed by atoms with E-state index in [4.69, 9.17) is 5.73 Å². The Hall–Kier alpha value is -1.81. The Balaban J connectivity index is 2.08. The zero-order valence-corrected chi connectivity index (χ0v) is 10.8. The lowest BCUT2D eigenvalue weighted by Crippen LogP contribution is -2.16. The molecular formula is C14H18N4. The van der Waals surface area contributed by atoms with E-state index in [-0.39, 0.29) is 6.04 Å². The van der Waals surface area contributed by atoms with E-state index in [0.717, 1.165) is 23.6 Å². The maximum Gasteiger partial charge on any atom is 0.125 e. The summed E-state index contributed by atoms with van der Waals surface area (Å²) in [6.45, 7) is 3.98. The number of nitrogens with zero attached hydrogens (tertiary/aromatic N) is 3. The molecule has 0 aliphatic rings. The number of nitrogens with two attached hydrogens (primary N) is 1. The lowest BCUT2D eigenvalue weighted by molar-refractivity contribution is 0.675. The Morgan fingerprint density at radius 3 is 2.67 bits per heavy atom. The van der Waals surface area contributed by atoms with Crippen molar-refractivity contribution in [3.8, 4) is 0 Å². The van der Waals surface area contributed by atoms with Crippen LogP contribution >= 0.6 is 0 Å². The third kappa shape index (κ3) is 3.11. The molecule has 2 aromatic rings. The van der Waals surface area contributed by atoms with Crippen LogP contribution in [-0.2, 0) is 12.8 Å². The highest BCUT2D eigenvalue weighted by Gasteiger charge is 2.09. The second kappa shape index (κ2) is 5.69. The SMILES string of the molecule is CCc1ccc(CC(N)c2ccnc(C)n2)nc1. The first-order chi connectivity index (χ1) is 8.69. The number of aryl methyl sites for hydroxylation is 2. The maximum absolute atomic E-state index is 6.14. The van der Waals surface area contributed by atoms with Gasteiger partial charge in [-0.3, -0.25) is 4.98 Å². The smallest absolute Gasteiger partial charge is 0.125 e. The molecule has 0 radical (unpaired) electrons. The van der Waals surface area contributed by atoms with Crippen molar-refractivity contribution < 1.29 is 0 Å². The summed E-state index contributed by atoms with van der Waals surface area (Å²) in [5.41, 5.74) is 9.24. The fourth-order valence-electron chi connectivity index (χ4n) is 1.80. The standard InChI is InChI=1S/C14H18N4/c1-3-11-4-5-12(17-9-11)8-13(15)14-6-7-16-10(2)18-14/h4-7,9,13H,3,8,15H2,1-2H3. The monoisotopic (exact) mass is 242 g/mol. The minimum absolute atomic E-state index is 0.133. The summed E-state index contributed by atoms with van der Waals surface area (Å²) in [6.07, 6.45) is 5.35. The van der Waals surface area contributed by atoms with Crippen LogP contribution in [0.3, 0.4) is 0 Å². The van der Waals surface area contributed by atoms with Crippen molar-refractivity contribution in [3.63, 3.8) is 0 Å². The molecule has 0 saturated heterocycles. The second-order valence-corrected chi connectivity index (χ2v) is 4.35. The minimum atomic E-state index is -0.133. The third-order valence-electron chi connectivity index (χ3n) is 2.90. The molecule has 94 valence electrons. The van der Waals surface area contributed by atoms with Gasteiger partial charge in [0.25, 0.3) is 0 Å². The average Bonchev–Trinajstić information content (AvgIpc) is 2.39. The Morgan fingerprint density at radius 1 is 1.22 bits per heavy atom. The molecule has 0 aromatic carbocycles. The summed E-state index contributed by atoms with van der Waals surface area (Å²) in [5, 5.41) is 0. The van der Waals surface area contributed by atoms with Crippen LogP contribution in [0.25, 0.3) is 0 Å². The zero-order valence-electron chi connectivity index (χ0n) is 10.8. The van der Waals surface area contributed by atoms with E-state index in [1.54, 1.807) is 6.20 Å². The minimum Gasteiger partial charge on any atom is -0.322 e. The van der Waals surface area contributed by atoms with Crippen molar-refractivity contribution >= 4 is 0 Å². The highest BCUT2D eigenvalue weighted by atomic mass is 14.9. The molecule has 1 unspecified atom stereocenters. The number of hydrogen-bond donors (Lipinski definition) is 1. The Morgan fingerprint density at radius 2 is 2.06 bits per heavy atom. The molecule has 0 saturated carbocycles. The average molecular weight is 242 g/mol. The molecule has 0 bridgehead atoms. The van der Waals surface area contributed by atoms with Crippen molar-refractivity contribution in [2.45, 2.75) is 32.7 Å². The summed E-state index contributed by atoms with van der Waals surface area (Å²) >= 11 is 0. The van der Waals surface area contributed by atoms with Gasteiger partial charge in [-0.15, -0.1) is 0 Å². The van der Waals surface area contributed by atoms with Gasteiger partial charge in [0, 0.05) is 24.5 Å². The fraction of sp³-hybridized carbons (Fsp3) is 0.357. The normalized spacial score (nSPS) is 12.4. The number of rotatable bonds is 4. The van der Waals surface area contributed by atoms with Gasteiger partial charge in [0.1, 0.15) is 5.82 Å². The summed E-state index contributed by atoms with van der Waals surface area (Å²) in [4.78, 5) is 12.8. The van der Waals surface area contributed by atoms with Crippen LogP contribution in [-0.4, -0.2) is 15.0 Å². The lowest BCUT2D eigenvalue weighted by atomic mass is 10.1. The van der Waals surface area contributed by atoms with Crippen LogP contribution in [0.1, 0.15) is 35.7 Å². The van der Waals surface area contributed by atoms with Gasteiger partial charge in [-0.2, -0.15) is 0 Å². The quantitative estimate of drug-likeness (QED) is 0.890. The van der Waals surface area contributed by atoms with Gasteiger partial charge in [-0.25, -0.2) is 9.97 Å². The first kappa shape index (κ1) is 12.6. The van der Waals surface area contributed by atoms with Crippen LogP contribution in [0.4, 0.5) is 0 Å². The van der Waals surface area contributed by atoms with Crippen LogP contribution in [0, 0.1) is 6.92 Å². The number of pyridine rings is 1. The highest BCUT2D eigenvalue weighted by molar-refractivity contribution is 5.17. The van der Waals surface area contributed by atoms with Gasteiger partial charge in [-0.05, 0) is 31.0 Å².